The van der Waals surface area contributed by atoms with Gasteiger partial charge in [0.05, 0.1) is 0 Å². The molecule has 1 atom stereocenters. The standard InChI is InChI=1S/C5H7F3O4.C5H7N3O2/c1-3(12-10)2-11-4(9)5(6,7)8;1-8-3-2-4(7-10)6-5(8)9/h3,10H,2H2,1H3;2-3,10H,1H3,(H,6,7,9). The van der Waals surface area contributed by atoms with E-state index in [0.29, 0.717) is 0 Å². The third kappa shape index (κ3) is 7.56. The summed E-state index contributed by atoms with van der Waals surface area (Å²) in [4.78, 5) is 27.7. The molecular formula is C10H14F3N3O6. The predicted molar refractivity (Wildman–Crippen MR) is 65.1 cm³/mol. The molecule has 0 radical (unpaired) electrons. The van der Waals surface area contributed by atoms with E-state index >= 15 is 0 Å². The van der Waals surface area contributed by atoms with Gasteiger partial charge in [-0.15, -0.1) is 0 Å². The number of nitrogens with one attached hydrogen (secondary N) is 1. The van der Waals surface area contributed by atoms with Crippen LogP contribution in [-0.2, 0) is 21.5 Å². The van der Waals surface area contributed by atoms with Crippen LogP contribution in [0.1, 0.15) is 6.92 Å². The van der Waals surface area contributed by atoms with Gasteiger partial charge >= 0.3 is 17.8 Å². The first-order valence-electron chi connectivity index (χ1n) is 5.59. The molecule has 1 unspecified atom stereocenters. The van der Waals surface area contributed by atoms with Crippen molar-refractivity contribution in [3.63, 3.8) is 0 Å². The minimum Gasteiger partial charge on any atom is -0.456 e. The Kier molecular flexibility index (Phi) is 8.08. The molecule has 0 aliphatic rings. The molecule has 1 heterocycles. The number of rotatable bonds is 4. The van der Waals surface area contributed by atoms with E-state index in [2.05, 4.69) is 14.6 Å². The number of nitrogens with zero attached hydrogens (tertiary/aromatic N) is 2. The molecule has 1 rings (SSSR count). The van der Waals surface area contributed by atoms with E-state index in [1.165, 1.54) is 23.8 Å². The second kappa shape index (κ2) is 8.96. The summed E-state index contributed by atoms with van der Waals surface area (Å²) < 4.78 is 39.3. The second-order valence-corrected chi connectivity index (χ2v) is 3.83. The van der Waals surface area contributed by atoms with Crippen LogP contribution in [0.25, 0.3) is 0 Å². The zero-order valence-electron chi connectivity index (χ0n) is 11.5. The summed E-state index contributed by atoms with van der Waals surface area (Å²) in [5, 5.41) is 16.2. The van der Waals surface area contributed by atoms with E-state index in [-0.39, 0.29) is 5.82 Å². The highest BCUT2D eigenvalue weighted by atomic mass is 19.4. The van der Waals surface area contributed by atoms with Gasteiger partial charge in [0.2, 0.25) is 0 Å². The summed E-state index contributed by atoms with van der Waals surface area (Å²) in [5.74, 6) is -2.14. The Labute approximate surface area is 121 Å². The van der Waals surface area contributed by atoms with Crippen molar-refractivity contribution in [3.05, 3.63) is 22.7 Å². The lowest BCUT2D eigenvalue weighted by Gasteiger charge is -2.09. The molecule has 1 aromatic heterocycles. The summed E-state index contributed by atoms with van der Waals surface area (Å²) in [6.07, 6.45) is -4.47. The highest BCUT2D eigenvalue weighted by molar-refractivity contribution is 5.75. The number of halogens is 3. The number of aromatic nitrogens is 2. The van der Waals surface area contributed by atoms with Crippen molar-refractivity contribution in [2.24, 2.45) is 7.05 Å². The zero-order chi connectivity index (χ0) is 17.3. The topological polar surface area (TPSA) is 123 Å². The summed E-state index contributed by atoms with van der Waals surface area (Å²) in [6.45, 7) is 0.596. The van der Waals surface area contributed by atoms with Gasteiger partial charge in [0.1, 0.15) is 12.7 Å². The van der Waals surface area contributed by atoms with Gasteiger partial charge in [0.15, 0.2) is 5.82 Å². The van der Waals surface area contributed by atoms with Gasteiger partial charge in [0, 0.05) is 13.2 Å². The first-order valence-corrected chi connectivity index (χ1v) is 5.59. The van der Waals surface area contributed by atoms with E-state index in [9.17, 15) is 22.8 Å². The van der Waals surface area contributed by atoms with Crippen molar-refractivity contribution < 1.29 is 38.1 Å². The average Bonchev–Trinajstić information content (AvgIpc) is 2.46. The molecule has 0 spiro atoms. The molecule has 0 aliphatic carbocycles. The fourth-order valence-electron chi connectivity index (χ4n) is 0.833. The molecule has 3 N–H and O–H groups in total. The van der Waals surface area contributed by atoms with E-state index < -0.39 is 30.5 Å². The summed E-state index contributed by atoms with van der Waals surface area (Å²) in [6, 6.07) is 1.49. The molecule has 0 saturated heterocycles. The predicted octanol–water partition coefficient (Wildman–Crippen LogP) is 0.551. The van der Waals surface area contributed by atoms with Crippen LogP contribution in [-0.4, -0.2) is 44.9 Å². The summed E-state index contributed by atoms with van der Waals surface area (Å²) >= 11 is 0. The minimum atomic E-state index is -5.00. The number of hydrogen-bond donors (Lipinski definition) is 3. The van der Waals surface area contributed by atoms with Crippen LogP contribution in [0.15, 0.2) is 17.1 Å². The van der Waals surface area contributed by atoms with Crippen molar-refractivity contribution >= 4 is 11.8 Å². The molecular weight excluding hydrogens is 315 g/mol. The lowest BCUT2D eigenvalue weighted by molar-refractivity contribution is -0.283. The lowest BCUT2D eigenvalue weighted by Crippen LogP contribution is -2.28. The number of ether oxygens (including phenoxy) is 1. The normalized spacial score (nSPS) is 12.0. The smallest absolute Gasteiger partial charge is 0.456 e. The highest BCUT2D eigenvalue weighted by Crippen LogP contribution is 2.16. The molecule has 0 aliphatic heterocycles. The average molecular weight is 329 g/mol. The molecule has 0 fully saturated rings. The maximum Gasteiger partial charge on any atom is 0.490 e. The number of esters is 1. The molecule has 9 nitrogen and oxygen atoms in total. The van der Waals surface area contributed by atoms with Crippen LogP contribution in [0.5, 0.6) is 0 Å². The van der Waals surface area contributed by atoms with Crippen LogP contribution >= 0.6 is 0 Å². The number of carbonyl (C=O) groups excluding carboxylic acids is 1. The van der Waals surface area contributed by atoms with Crippen molar-refractivity contribution in [1.82, 2.24) is 9.55 Å². The van der Waals surface area contributed by atoms with Gasteiger partial charge in [-0.3, -0.25) is 15.9 Å². The fraction of sp³-hybridized carbons (Fsp3) is 0.500. The summed E-state index contributed by atoms with van der Waals surface area (Å²) in [5.41, 5.74) is 1.37. The lowest BCUT2D eigenvalue weighted by atomic mass is 10.4. The largest absolute Gasteiger partial charge is 0.490 e. The van der Waals surface area contributed by atoms with E-state index in [1.54, 1.807) is 12.5 Å². The monoisotopic (exact) mass is 329 g/mol. The number of alkyl halides is 3. The van der Waals surface area contributed by atoms with Gasteiger partial charge < -0.3 is 9.30 Å². The Morgan fingerprint density at radius 3 is 2.55 bits per heavy atom. The van der Waals surface area contributed by atoms with Gasteiger partial charge in [-0.2, -0.15) is 18.2 Å². The first-order chi connectivity index (χ1) is 10.1. The van der Waals surface area contributed by atoms with Crippen molar-refractivity contribution in [3.8, 4) is 0 Å². The third-order valence-corrected chi connectivity index (χ3v) is 1.95. The van der Waals surface area contributed by atoms with E-state index in [0.717, 1.165) is 0 Å². The van der Waals surface area contributed by atoms with E-state index in [4.69, 9.17) is 10.5 Å². The Hall–Kier alpha value is -2.18. The molecule has 1 aromatic rings. The second-order valence-electron chi connectivity index (χ2n) is 3.83. The van der Waals surface area contributed by atoms with Crippen LogP contribution < -0.4 is 11.2 Å². The van der Waals surface area contributed by atoms with Crippen LogP contribution in [0.3, 0.4) is 0 Å². The van der Waals surface area contributed by atoms with Gasteiger partial charge in [-0.25, -0.2) is 14.5 Å². The van der Waals surface area contributed by atoms with Crippen LogP contribution in [0.4, 0.5) is 19.0 Å². The first kappa shape index (κ1) is 19.8. The minimum absolute atomic E-state index is 0.156. The number of hydrogen-bond acceptors (Lipinski definition) is 8. The van der Waals surface area contributed by atoms with Crippen molar-refractivity contribution in [1.29, 1.82) is 0 Å². The van der Waals surface area contributed by atoms with Crippen LogP contribution in [0.2, 0.25) is 0 Å². The van der Waals surface area contributed by atoms with Crippen molar-refractivity contribution in [2.75, 3.05) is 12.1 Å². The van der Waals surface area contributed by atoms with Crippen molar-refractivity contribution in [2.45, 2.75) is 19.2 Å². The Morgan fingerprint density at radius 1 is 1.55 bits per heavy atom. The highest BCUT2D eigenvalue weighted by Gasteiger charge is 2.41. The molecule has 0 saturated carbocycles. The zero-order valence-corrected chi connectivity index (χ0v) is 11.5. The molecule has 12 heteroatoms. The molecule has 0 amide bonds. The number of carbonyl (C=O) groups is 1. The fourth-order valence-corrected chi connectivity index (χ4v) is 0.833. The number of anilines is 1. The maximum atomic E-state index is 11.4. The quantitative estimate of drug-likeness (QED) is 0.416. The van der Waals surface area contributed by atoms with Crippen LogP contribution in [0, 0.1) is 0 Å². The van der Waals surface area contributed by atoms with Gasteiger partial charge in [-0.1, -0.05) is 0 Å². The summed E-state index contributed by atoms with van der Waals surface area (Å²) in [7, 11) is 1.58. The molecule has 126 valence electrons. The third-order valence-electron chi connectivity index (χ3n) is 1.95. The van der Waals surface area contributed by atoms with Gasteiger partial charge in [-0.05, 0) is 13.0 Å². The van der Waals surface area contributed by atoms with Gasteiger partial charge in [0.25, 0.3) is 0 Å². The molecule has 22 heavy (non-hydrogen) atoms. The SMILES string of the molecule is CC(COC(=O)C(F)(F)F)OO.Cn1ccc(NO)nc1=O. The Bertz CT molecular complexity index is 533. The number of aryl methyl sites for hydroxylation is 1. The molecule has 0 bridgehead atoms. The maximum absolute atomic E-state index is 11.4. The molecule has 0 aromatic carbocycles. The Balaban J connectivity index is 0.000000406. The Morgan fingerprint density at radius 2 is 2.14 bits per heavy atom. The van der Waals surface area contributed by atoms with E-state index in [1.807, 2.05) is 0 Å².